The predicted molar refractivity (Wildman–Crippen MR) is 64.4 cm³/mol. The van der Waals surface area contributed by atoms with Crippen molar-refractivity contribution >= 4 is 26.8 Å². The first-order valence-corrected chi connectivity index (χ1v) is 5.55. The minimum atomic E-state index is 0.867. The summed E-state index contributed by atoms with van der Waals surface area (Å²) in [7, 11) is 0. The van der Waals surface area contributed by atoms with Gasteiger partial charge in [-0.05, 0) is 22.0 Å². The molecule has 0 N–H and O–H groups in total. The van der Waals surface area contributed by atoms with Crippen molar-refractivity contribution in [1.29, 1.82) is 0 Å². The van der Waals surface area contributed by atoms with E-state index in [2.05, 4.69) is 31.2 Å². The molecule has 0 radical (unpaired) electrons. The van der Waals surface area contributed by atoms with E-state index in [1.54, 1.807) is 17.1 Å². The molecule has 2 heterocycles. The summed E-state index contributed by atoms with van der Waals surface area (Å²) in [4.78, 5) is 0. The molecule has 1 aromatic carbocycles. The molecule has 0 bridgehead atoms. The van der Waals surface area contributed by atoms with Crippen LogP contribution in [0.1, 0.15) is 0 Å². The molecule has 2 aromatic heterocycles. The quantitative estimate of drug-likeness (QED) is 0.685. The summed E-state index contributed by atoms with van der Waals surface area (Å²) in [6, 6.07) is 7.87. The molecular weight excluding hydrogens is 268 g/mol. The largest absolute Gasteiger partial charge is 0.237 e. The Bertz CT molecular complexity index is 642. The summed E-state index contributed by atoms with van der Waals surface area (Å²) in [5.41, 5.74) is 1.79. The second-order valence-electron chi connectivity index (χ2n) is 3.35. The van der Waals surface area contributed by atoms with Gasteiger partial charge in [0.2, 0.25) is 0 Å². The number of hydrogen-bond donors (Lipinski definition) is 0. The maximum Gasteiger partial charge on any atom is 0.0951 e. The van der Waals surface area contributed by atoms with Crippen LogP contribution in [0.25, 0.3) is 16.6 Å². The Kier molecular flexibility index (Phi) is 2.18. The Morgan fingerprint density at radius 1 is 1.12 bits per heavy atom. The molecule has 0 saturated heterocycles. The van der Waals surface area contributed by atoms with Crippen molar-refractivity contribution < 1.29 is 0 Å². The highest BCUT2D eigenvalue weighted by Crippen LogP contribution is 2.19. The lowest BCUT2D eigenvalue weighted by Crippen LogP contribution is -1.97. The first-order chi connectivity index (χ1) is 7.84. The summed E-state index contributed by atoms with van der Waals surface area (Å²) in [6.07, 6.45) is 5.35. The number of nitrogens with zero attached hydrogens (tertiary/aromatic N) is 4. The van der Waals surface area contributed by atoms with Crippen molar-refractivity contribution in [2.24, 2.45) is 0 Å². The highest BCUT2D eigenvalue weighted by molar-refractivity contribution is 9.10. The van der Waals surface area contributed by atoms with Crippen LogP contribution in [-0.4, -0.2) is 20.0 Å². The maximum atomic E-state index is 4.24. The average Bonchev–Trinajstić information content (AvgIpc) is 2.75. The molecule has 0 amide bonds. The second kappa shape index (κ2) is 3.68. The van der Waals surface area contributed by atoms with Gasteiger partial charge in [-0.25, -0.2) is 4.68 Å². The van der Waals surface area contributed by atoms with Crippen molar-refractivity contribution in [3.05, 3.63) is 47.3 Å². The Balaban J connectivity index is 2.31. The fourth-order valence-corrected chi connectivity index (χ4v) is 1.89. The zero-order valence-electron chi connectivity index (χ0n) is 8.21. The molecule has 0 fully saturated rings. The van der Waals surface area contributed by atoms with Crippen LogP contribution < -0.4 is 0 Å². The Morgan fingerprint density at radius 2 is 2.00 bits per heavy atom. The third kappa shape index (κ3) is 1.49. The first-order valence-electron chi connectivity index (χ1n) is 4.75. The van der Waals surface area contributed by atoms with Crippen molar-refractivity contribution in [3.8, 4) is 5.69 Å². The van der Waals surface area contributed by atoms with Gasteiger partial charge >= 0.3 is 0 Å². The number of halogens is 1. The molecule has 4 nitrogen and oxygen atoms in total. The minimum absolute atomic E-state index is 0.867. The number of benzene rings is 1. The summed E-state index contributed by atoms with van der Waals surface area (Å²) < 4.78 is 2.72. The van der Waals surface area contributed by atoms with E-state index in [-0.39, 0.29) is 0 Å². The molecule has 0 unspecified atom stereocenters. The zero-order valence-corrected chi connectivity index (χ0v) is 9.79. The van der Waals surface area contributed by atoms with Crippen molar-refractivity contribution in [2.45, 2.75) is 0 Å². The lowest BCUT2D eigenvalue weighted by atomic mass is 10.2. The highest BCUT2D eigenvalue weighted by atomic mass is 79.9. The van der Waals surface area contributed by atoms with Crippen LogP contribution in [0.15, 0.2) is 47.3 Å². The van der Waals surface area contributed by atoms with E-state index in [9.17, 15) is 0 Å². The number of aromatic nitrogens is 4. The molecule has 3 rings (SSSR count). The predicted octanol–water partition coefficient (Wildman–Crippen LogP) is 2.58. The van der Waals surface area contributed by atoms with Crippen LogP contribution in [0.3, 0.4) is 0 Å². The van der Waals surface area contributed by atoms with E-state index in [4.69, 9.17) is 0 Å². The van der Waals surface area contributed by atoms with E-state index >= 15 is 0 Å². The van der Waals surface area contributed by atoms with Crippen LogP contribution in [0.2, 0.25) is 0 Å². The summed E-state index contributed by atoms with van der Waals surface area (Å²) in [5, 5.41) is 13.3. The van der Waals surface area contributed by atoms with Gasteiger partial charge in [0.15, 0.2) is 0 Å². The van der Waals surface area contributed by atoms with Crippen molar-refractivity contribution in [3.63, 3.8) is 0 Å². The van der Waals surface area contributed by atoms with Crippen LogP contribution in [0.5, 0.6) is 0 Å². The van der Waals surface area contributed by atoms with Gasteiger partial charge < -0.3 is 0 Å². The Labute approximate surface area is 100 Å². The van der Waals surface area contributed by atoms with Crippen LogP contribution in [0, 0.1) is 0 Å². The molecule has 78 valence electrons. The minimum Gasteiger partial charge on any atom is -0.237 e. The smallest absolute Gasteiger partial charge is 0.0951 e. The summed E-state index contributed by atoms with van der Waals surface area (Å²) in [5.74, 6) is 0. The van der Waals surface area contributed by atoms with Crippen molar-refractivity contribution in [1.82, 2.24) is 20.0 Å². The second-order valence-corrected chi connectivity index (χ2v) is 4.27. The third-order valence-corrected chi connectivity index (χ3v) is 2.73. The zero-order chi connectivity index (χ0) is 11.0. The fourth-order valence-electron chi connectivity index (χ4n) is 1.61. The third-order valence-electron chi connectivity index (χ3n) is 2.32. The molecular formula is C11H7BrN4. The number of hydrogen-bond acceptors (Lipinski definition) is 3. The molecule has 0 aliphatic carbocycles. The normalized spacial score (nSPS) is 10.8. The molecule has 0 spiro atoms. The van der Waals surface area contributed by atoms with Gasteiger partial charge in [0.05, 0.1) is 28.1 Å². The first kappa shape index (κ1) is 9.47. The molecule has 3 aromatic rings. The SMILES string of the molecule is Brc1cnn(-c2cnnc3ccccc23)c1. The van der Waals surface area contributed by atoms with Gasteiger partial charge in [-0.2, -0.15) is 15.3 Å². The molecule has 0 saturated carbocycles. The molecule has 0 atom stereocenters. The maximum absolute atomic E-state index is 4.24. The van der Waals surface area contributed by atoms with E-state index in [0.29, 0.717) is 0 Å². The van der Waals surface area contributed by atoms with E-state index in [1.807, 2.05) is 30.5 Å². The van der Waals surface area contributed by atoms with Crippen LogP contribution in [0.4, 0.5) is 0 Å². The Morgan fingerprint density at radius 3 is 2.81 bits per heavy atom. The van der Waals surface area contributed by atoms with E-state index < -0.39 is 0 Å². The molecule has 5 heteroatoms. The Hall–Kier alpha value is -1.75. The van der Waals surface area contributed by atoms with Gasteiger partial charge in [0.1, 0.15) is 0 Å². The summed E-state index contributed by atoms with van der Waals surface area (Å²) >= 11 is 3.37. The lowest BCUT2D eigenvalue weighted by molar-refractivity contribution is 0.872. The molecule has 16 heavy (non-hydrogen) atoms. The number of fused-ring (bicyclic) bond motifs is 1. The van der Waals surface area contributed by atoms with Gasteiger partial charge in [0, 0.05) is 11.6 Å². The van der Waals surface area contributed by atoms with E-state index in [1.165, 1.54) is 0 Å². The van der Waals surface area contributed by atoms with Gasteiger partial charge in [0.25, 0.3) is 0 Å². The van der Waals surface area contributed by atoms with Crippen LogP contribution in [-0.2, 0) is 0 Å². The fraction of sp³-hybridized carbons (Fsp3) is 0. The average molecular weight is 275 g/mol. The van der Waals surface area contributed by atoms with Gasteiger partial charge in [-0.3, -0.25) is 0 Å². The van der Waals surface area contributed by atoms with Gasteiger partial charge in [-0.15, -0.1) is 0 Å². The topological polar surface area (TPSA) is 43.6 Å². The van der Waals surface area contributed by atoms with Crippen LogP contribution >= 0.6 is 15.9 Å². The molecule has 0 aliphatic heterocycles. The standard InChI is InChI=1S/C11H7BrN4/c12-8-5-14-16(7-8)11-6-13-15-10-4-2-1-3-9(10)11/h1-7H. The monoisotopic (exact) mass is 274 g/mol. The van der Waals surface area contributed by atoms with E-state index in [0.717, 1.165) is 21.1 Å². The summed E-state index contributed by atoms with van der Waals surface area (Å²) in [6.45, 7) is 0. The lowest BCUT2D eigenvalue weighted by Gasteiger charge is -2.03. The highest BCUT2D eigenvalue weighted by Gasteiger charge is 2.05. The van der Waals surface area contributed by atoms with Gasteiger partial charge in [-0.1, -0.05) is 18.2 Å². The van der Waals surface area contributed by atoms with Crippen molar-refractivity contribution in [2.75, 3.05) is 0 Å². The number of rotatable bonds is 1. The molecule has 0 aliphatic rings.